The summed E-state index contributed by atoms with van der Waals surface area (Å²) in [4.78, 5) is 11.5. The molecule has 1 aromatic rings. The Kier molecular flexibility index (Phi) is 5.77. The zero-order valence-corrected chi connectivity index (χ0v) is 12.3. The number of hydrogen-bond acceptors (Lipinski definition) is 2. The van der Waals surface area contributed by atoms with Gasteiger partial charge in [-0.1, -0.05) is 30.3 Å². The molecule has 1 aromatic carbocycles. The highest BCUT2D eigenvalue weighted by atomic mass is 16.5. The van der Waals surface area contributed by atoms with E-state index in [1.807, 2.05) is 19.1 Å². The molecule has 19 heavy (non-hydrogen) atoms. The predicted octanol–water partition coefficient (Wildman–Crippen LogP) is 2.77. The first-order valence-electron chi connectivity index (χ1n) is 6.64. The van der Waals surface area contributed by atoms with Crippen molar-refractivity contribution in [2.45, 2.75) is 20.4 Å². The molecule has 0 spiro atoms. The van der Waals surface area contributed by atoms with Crippen molar-refractivity contribution in [1.82, 2.24) is 0 Å². The van der Waals surface area contributed by atoms with Crippen LogP contribution < -0.4 is 0 Å². The number of rotatable bonds is 6. The summed E-state index contributed by atoms with van der Waals surface area (Å²) in [5, 5.41) is 0. The van der Waals surface area contributed by atoms with Gasteiger partial charge >= 0.3 is 5.97 Å². The van der Waals surface area contributed by atoms with Crippen LogP contribution in [-0.4, -0.2) is 37.7 Å². The van der Waals surface area contributed by atoms with Gasteiger partial charge in [0.15, 0.2) is 0 Å². The van der Waals surface area contributed by atoms with Gasteiger partial charge in [-0.15, -0.1) is 0 Å². The van der Waals surface area contributed by atoms with E-state index in [9.17, 15) is 4.79 Å². The van der Waals surface area contributed by atoms with E-state index in [0.29, 0.717) is 12.2 Å². The maximum Gasteiger partial charge on any atom is 0.333 e. The molecular formula is C16H24NO2+. The zero-order chi connectivity index (χ0) is 14.3. The summed E-state index contributed by atoms with van der Waals surface area (Å²) in [6.07, 6.45) is 1.96. The summed E-state index contributed by atoms with van der Waals surface area (Å²) >= 11 is 0. The third kappa shape index (κ3) is 5.71. The minimum absolute atomic E-state index is 0.220. The molecule has 0 saturated heterocycles. The molecule has 104 valence electrons. The van der Waals surface area contributed by atoms with Crippen LogP contribution in [0.15, 0.2) is 42.0 Å². The molecule has 0 saturated carbocycles. The number of nitrogens with zero attached hydrogens (tertiary/aromatic N) is 1. The lowest BCUT2D eigenvalue weighted by Gasteiger charge is -2.28. The monoisotopic (exact) mass is 262 g/mol. The molecule has 0 radical (unpaired) electrons. The fourth-order valence-corrected chi connectivity index (χ4v) is 1.85. The molecule has 3 heteroatoms. The molecular weight excluding hydrogens is 238 g/mol. The summed E-state index contributed by atoms with van der Waals surface area (Å²) in [5.74, 6) is -0.220. The molecule has 0 aliphatic carbocycles. The molecule has 0 aliphatic rings. The van der Waals surface area contributed by atoms with Crippen LogP contribution in [0.3, 0.4) is 0 Å². The molecule has 0 fully saturated rings. The first-order valence-corrected chi connectivity index (χ1v) is 6.64. The van der Waals surface area contributed by atoms with Gasteiger partial charge in [0.25, 0.3) is 0 Å². The largest absolute Gasteiger partial charge is 0.463 e. The Labute approximate surface area is 116 Å². The number of carbonyl (C=O) groups is 1. The van der Waals surface area contributed by atoms with Crippen molar-refractivity contribution in [3.05, 3.63) is 47.5 Å². The minimum atomic E-state index is -0.220. The van der Waals surface area contributed by atoms with E-state index >= 15 is 0 Å². The van der Waals surface area contributed by atoms with Crippen LogP contribution in [-0.2, 0) is 16.1 Å². The van der Waals surface area contributed by atoms with E-state index in [-0.39, 0.29) is 5.97 Å². The van der Waals surface area contributed by atoms with Crippen molar-refractivity contribution in [3.63, 3.8) is 0 Å². The van der Waals surface area contributed by atoms with E-state index in [2.05, 4.69) is 38.4 Å². The van der Waals surface area contributed by atoms with E-state index in [1.54, 1.807) is 6.92 Å². The Morgan fingerprint density at radius 3 is 2.47 bits per heavy atom. The molecule has 3 nitrogen and oxygen atoms in total. The van der Waals surface area contributed by atoms with Crippen molar-refractivity contribution in [2.24, 2.45) is 0 Å². The van der Waals surface area contributed by atoms with Crippen LogP contribution in [0, 0.1) is 0 Å². The van der Waals surface area contributed by atoms with Gasteiger partial charge in [-0.2, -0.15) is 0 Å². The highest BCUT2D eigenvalue weighted by Crippen LogP contribution is 2.10. The lowest BCUT2D eigenvalue weighted by atomic mass is 10.2. The van der Waals surface area contributed by atoms with Gasteiger partial charge in [0.2, 0.25) is 0 Å². The Bertz CT molecular complexity index is 435. The van der Waals surface area contributed by atoms with E-state index in [1.165, 1.54) is 5.56 Å². The van der Waals surface area contributed by atoms with Gasteiger partial charge in [0.1, 0.15) is 6.54 Å². The second-order valence-corrected chi connectivity index (χ2v) is 5.37. The van der Waals surface area contributed by atoms with Crippen LogP contribution in [0.5, 0.6) is 0 Å². The highest BCUT2D eigenvalue weighted by Gasteiger charge is 2.15. The van der Waals surface area contributed by atoms with Crippen molar-refractivity contribution in [2.75, 3.05) is 27.2 Å². The number of hydrogen-bond donors (Lipinski definition) is 0. The highest BCUT2D eigenvalue weighted by molar-refractivity contribution is 5.87. The number of likely N-dealkylation sites (N-methyl/N-ethyl adjacent to an activating group) is 1. The Morgan fingerprint density at radius 2 is 1.89 bits per heavy atom. The number of carbonyl (C=O) groups excluding carboxylic acids is 1. The van der Waals surface area contributed by atoms with E-state index in [0.717, 1.165) is 17.6 Å². The second kappa shape index (κ2) is 7.10. The summed E-state index contributed by atoms with van der Waals surface area (Å²) < 4.78 is 5.78. The van der Waals surface area contributed by atoms with Gasteiger partial charge in [-0.05, 0) is 19.9 Å². The average molecular weight is 262 g/mol. The van der Waals surface area contributed by atoms with Crippen molar-refractivity contribution >= 4 is 5.97 Å². The predicted molar refractivity (Wildman–Crippen MR) is 77.5 cm³/mol. The fraction of sp³-hybridized carbons (Fsp3) is 0.438. The van der Waals surface area contributed by atoms with Gasteiger partial charge in [0, 0.05) is 11.1 Å². The molecule has 0 bridgehead atoms. The standard InChI is InChI=1S/C16H24NO2/c1-5-19-16(18)14(2)11-12-17(3,4)13-15-9-7-6-8-10-15/h6-11H,5,12-13H2,1-4H3/q+1/b14-11+. The number of benzene rings is 1. The molecule has 0 atom stereocenters. The summed E-state index contributed by atoms with van der Waals surface area (Å²) in [6.45, 7) is 5.79. The molecule has 1 rings (SSSR count). The molecule has 0 amide bonds. The van der Waals surface area contributed by atoms with Crippen LogP contribution in [0.4, 0.5) is 0 Å². The molecule has 0 aliphatic heterocycles. The maximum absolute atomic E-state index is 11.5. The van der Waals surface area contributed by atoms with Gasteiger partial charge < -0.3 is 9.22 Å². The SMILES string of the molecule is CCOC(=O)/C(C)=C/C[N+](C)(C)Cc1ccccc1. The number of quaternary nitrogens is 1. The first-order chi connectivity index (χ1) is 8.94. The van der Waals surface area contributed by atoms with E-state index in [4.69, 9.17) is 4.74 Å². The van der Waals surface area contributed by atoms with Gasteiger partial charge in [-0.3, -0.25) is 0 Å². The smallest absolute Gasteiger partial charge is 0.333 e. The van der Waals surface area contributed by atoms with Crippen molar-refractivity contribution in [1.29, 1.82) is 0 Å². The van der Waals surface area contributed by atoms with Crippen LogP contribution in [0.2, 0.25) is 0 Å². The first kappa shape index (κ1) is 15.4. The fourth-order valence-electron chi connectivity index (χ4n) is 1.85. The summed E-state index contributed by atoms with van der Waals surface area (Å²) in [7, 11) is 4.31. The number of ether oxygens (including phenoxy) is 1. The van der Waals surface area contributed by atoms with Crippen molar-refractivity contribution < 1.29 is 14.0 Å². The van der Waals surface area contributed by atoms with E-state index < -0.39 is 0 Å². The third-order valence-corrected chi connectivity index (χ3v) is 2.94. The Morgan fingerprint density at radius 1 is 1.26 bits per heavy atom. The maximum atomic E-state index is 11.5. The second-order valence-electron chi connectivity index (χ2n) is 5.37. The lowest BCUT2D eigenvalue weighted by molar-refractivity contribution is -0.897. The van der Waals surface area contributed by atoms with Crippen LogP contribution >= 0.6 is 0 Å². The Hall–Kier alpha value is -1.61. The molecule has 0 unspecified atom stereocenters. The molecule has 0 heterocycles. The summed E-state index contributed by atoms with van der Waals surface area (Å²) in [5.41, 5.74) is 1.98. The minimum Gasteiger partial charge on any atom is -0.463 e. The van der Waals surface area contributed by atoms with Gasteiger partial charge in [0.05, 0.1) is 27.2 Å². The topological polar surface area (TPSA) is 26.3 Å². The molecule has 0 aromatic heterocycles. The Balaban J connectivity index is 2.59. The van der Waals surface area contributed by atoms with Crippen LogP contribution in [0.1, 0.15) is 19.4 Å². The zero-order valence-electron chi connectivity index (χ0n) is 12.3. The van der Waals surface area contributed by atoms with Gasteiger partial charge in [-0.25, -0.2) is 4.79 Å². The average Bonchev–Trinajstić information content (AvgIpc) is 2.37. The lowest BCUT2D eigenvalue weighted by Crippen LogP contribution is -2.39. The quantitative estimate of drug-likeness (QED) is 0.448. The third-order valence-electron chi connectivity index (χ3n) is 2.94. The summed E-state index contributed by atoms with van der Waals surface area (Å²) in [6, 6.07) is 10.4. The van der Waals surface area contributed by atoms with Crippen LogP contribution in [0.25, 0.3) is 0 Å². The normalized spacial score (nSPS) is 12.3. The van der Waals surface area contributed by atoms with Crippen molar-refractivity contribution in [3.8, 4) is 0 Å². The number of esters is 1. The molecule has 0 N–H and O–H groups in total.